The maximum atomic E-state index is 11.1. The summed E-state index contributed by atoms with van der Waals surface area (Å²) in [4.78, 5) is 11.1. The van der Waals surface area contributed by atoms with E-state index in [-0.39, 0.29) is 12.4 Å². The van der Waals surface area contributed by atoms with Gasteiger partial charge in [0.05, 0.1) is 7.45 Å². The Morgan fingerprint density at radius 1 is 1.80 bits per heavy atom. The minimum absolute atomic E-state index is 0. The molecule has 62 valence electrons. The van der Waals surface area contributed by atoms with E-state index in [9.17, 15) is 4.79 Å². The lowest BCUT2D eigenvalue weighted by atomic mass is 10.4. The molecule has 0 aromatic heterocycles. The highest BCUT2D eigenvalue weighted by Crippen LogP contribution is 1.90. The smallest absolute Gasteiger partial charge is 0.322 e. The van der Waals surface area contributed by atoms with Crippen molar-refractivity contribution in [2.45, 2.75) is 32.7 Å². The summed E-state index contributed by atoms with van der Waals surface area (Å²) in [7, 11) is 0. The molecule has 0 aromatic carbocycles. The molecule has 0 saturated heterocycles. The monoisotopic (exact) mass is 174 g/mol. The number of carbonyl (C=O) groups excluding carboxylic acids is 1. The number of ether oxygens (including phenoxy) is 1. The number of nitrogens with two attached hydrogens (primary N) is 1. The quantitative estimate of drug-likeness (QED) is 0.628. The number of rotatable bonds is 2. The van der Waals surface area contributed by atoms with Crippen molar-refractivity contribution in [1.29, 1.82) is 0 Å². The molecule has 2 N–H and O–H groups in total. The maximum absolute atomic E-state index is 11.1. The molecule has 0 radical (unpaired) electrons. The van der Waals surface area contributed by atoms with Gasteiger partial charge in [-0.25, -0.2) is 0 Å². The molecule has 0 unspecified atom stereocenters. The van der Waals surface area contributed by atoms with Crippen LogP contribution in [0.25, 0.3) is 0 Å². The summed E-state index contributed by atoms with van der Waals surface area (Å²) in [5, 5.41) is 0. The van der Waals surface area contributed by atoms with Crippen LogP contribution >= 0.6 is 12.4 Å². The summed E-state index contributed by atoms with van der Waals surface area (Å²) in [5.41, 5.74) is 5.10. The van der Waals surface area contributed by atoms with Crippen LogP contribution in [0.2, 0.25) is 0 Å². The van der Waals surface area contributed by atoms with Crippen molar-refractivity contribution in [2.24, 2.45) is 5.73 Å². The lowest BCUT2D eigenvalue weighted by Crippen LogP contribution is -2.30. The molecule has 3 nitrogen and oxygen atoms in total. The second kappa shape index (κ2) is 5.50. The molecule has 1 atom stereocenters. The van der Waals surface area contributed by atoms with E-state index in [0.29, 0.717) is 0 Å². The number of esters is 1. The first-order valence-electron chi connectivity index (χ1n) is 5.81. The summed E-state index contributed by atoms with van der Waals surface area (Å²) >= 11 is 0. The highest BCUT2D eigenvalue weighted by molar-refractivity contribution is 5.85. The first-order valence-corrected chi connectivity index (χ1v) is 2.31. The normalized spacial score (nSPS) is 26.0. The van der Waals surface area contributed by atoms with Gasteiger partial charge in [0.1, 0.15) is 6.04 Å². The highest BCUT2D eigenvalue weighted by atomic mass is 35.5. The average molecular weight is 175 g/mol. The summed E-state index contributed by atoms with van der Waals surface area (Å²) in [6.45, 7) is -5.38. The largest absolute Gasteiger partial charge is 0.462 e. The van der Waals surface area contributed by atoms with Crippen LogP contribution in [0.1, 0.15) is 30.2 Å². The van der Waals surface area contributed by atoms with Gasteiger partial charge in [-0.2, -0.15) is 0 Å². The zero-order valence-electron chi connectivity index (χ0n) is 12.4. The standard InChI is InChI=1S/C6H13NO2.ClH/c1-4(2)9-6(8)5(3)7;/h4-5H,7H2,1-3H3;1H/t5-;/m1./s1/i1D3,2D3,4D;. The fourth-order valence-electron chi connectivity index (χ4n) is 0.194. The molecular formula is C6H14ClNO2. The van der Waals surface area contributed by atoms with Crippen molar-refractivity contribution in [3.8, 4) is 0 Å². The van der Waals surface area contributed by atoms with Gasteiger partial charge in [-0.3, -0.25) is 4.79 Å². The van der Waals surface area contributed by atoms with Crippen LogP contribution in [-0.2, 0) is 9.53 Å². The van der Waals surface area contributed by atoms with E-state index in [1.54, 1.807) is 0 Å². The molecule has 0 amide bonds. The van der Waals surface area contributed by atoms with Crippen molar-refractivity contribution >= 4 is 18.4 Å². The molecule has 0 rings (SSSR count). The van der Waals surface area contributed by atoms with Gasteiger partial charge in [-0.15, -0.1) is 12.4 Å². The molecule has 0 spiro atoms. The molecule has 0 aliphatic carbocycles. The van der Waals surface area contributed by atoms with Crippen LogP contribution in [0.3, 0.4) is 0 Å². The molecule has 0 fully saturated rings. The van der Waals surface area contributed by atoms with Crippen LogP contribution in [0.15, 0.2) is 0 Å². The first-order chi connectivity index (χ1) is 6.83. The van der Waals surface area contributed by atoms with Gasteiger partial charge >= 0.3 is 5.97 Å². The summed E-state index contributed by atoms with van der Waals surface area (Å²) in [6, 6.07) is -1.20. The topological polar surface area (TPSA) is 52.3 Å². The fraction of sp³-hybridized carbons (Fsp3) is 0.833. The first kappa shape index (κ1) is 3.41. The van der Waals surface area contributed by atoms with E-state index in [1.165, 1.54) is 6.92 Å². The Balaban J connectivity index is 0. The van der Waals surface area contributed by atoms with E-state index >= 15 is 0 Å². The Morgan fingerprint density at radius 3 is 2.60 bits per heavy atom. The lowest BCUT2D eigenvalue weighted by Gasteiger charge is -2.08. The highest BCUT2D eigenvalue weighted by Gasteiger charge is 2.09. The minimum atomic E-state index is -3.30. The van der Waals surface area contributed by atoms with Crippen molar-refractivity contribution in [1.82, 2.24) is 0 Å². The van der Waals surface area contributed by atoms with Gasteiger partial charge in [-0.1, -0.05) is 0 Å². The number of halogens is 1. The number of hydrogen-bond donors (Lipinski definition) is 1. The van der Waals surface area contributed by atoms with Crippen molar-refractivity contribution in [2.75, 3.05) is 0 Å². The van der Waals surface area contributed by atoms with E-state index in [0.717, 1.165) is 0 Å². The molecule has 0 bridgehead atoms. The lowest BCUT2D eigenvalue weighted by molar-refractivity contribution is -0.148. The molecular weight excluding hydrogens is 154 g/mol. The van der Waals surface area contributed by atoms with Crippen LogP contribution in [0.5, 0.6) is 0 Å². The van der Waals surface area contributed by atoms with Crippen molar-refractivity contribution < 1.29 is 19.1 Å². The predicted octanol–water partition coefficient (Wildman–Crippen LogP) is 0.707. The Bertz CT molecular complexity index is 261. The summed E-state index contributed by atoms with van der Waals surface area (Å²) in [6.07, 6.45) is -3.30. The van der Waals surface area contributed by atoms with Gasteiger partial charge in [-0.05, 0) is 20.6 Å². The summed E-state index contributed by atoms with van der Waals surface area (Å²) < 4.78 is 53.2. The molecule has 4 heteroatoms. The fourth-order valence-corrected chi connectivity index (χ4v) is 0.194. The number of carbonyl (C=O) groups is 1. The van der Waals surface area contributed by atoms with Crippen LogP contribution in [0.4, 0.5) is 0 Å². The van der Waals surface area contributed by atoms with Crippen LogP contribution < -0.4 is 5.73 Å². The number of hydrogen-bond acceptors (Lipinski definition) is 3. The zero-order chi connectivity index (χ0) is 13.4. The SMILES string of the molecule is Cl.[2H]C([2H])([2H])C([2H])(OC(=O)[C@@H](C)N)C([2H])([2H])[2H]. The van der Waals surface area contributed by atoms with Crippen LogP contribution in [-0.4, -0.2) is 18.1 Å². The predicted molar refractivity (Wildman–Crippen MR) is 42.1 cm³/mol. The van der Waals surface area contributed by atoms with Crippen LogP contribution in [0, 0.1) is 0 Å². The van der Waals surface area contributed by atoms with E-state index in [2.05, 4.69) is 4.74 Å². The molecule has 0 aliphatic rings. The second-order valence-electron chi connectivity index (χ2n) is 1.54. The Labute approximate surface area is 77.2 Å². The maximum Gasteiger partial charge on any atom is 0.322 e. The molecule has 0 saturated carbocycles. The third kappa shape index (κ3) is 5.85. The molecule has 0 heterocycles. The van der Waals surface area contributed by atoms with Gasteiger partial charge in [0, 0.05) is 8.22 Å². The second-order valence-corrected chi connectivity index (χ2v) is 1.54. The van der Waals surface area contributed by atoms with E-state index in [1.807, 2.05) is 0 Å². The Kier molecular flexibility index (Phi) is 1.88. The third-order valence-corrected chi connectivity index (χ3v) is 0.574. The Morgan fingerprint density at radius 2 is 2.30 bits per heavy atom. The van der Waals surface area contributed by atoms with Crippen molar-refractivity contribution in [3.05, 3.63) is 0 Å². The van der Waals surface area contributed by atoms with E-state index < -0.39 is 31.8 Å². The third-order valence-electron chi connectivity index (χ3n) is 0.574. The minimum Gasteiger partial charge on any atom is -0.462 e. The van der Waals surface area contributed by atoms with Gasteiger partial charge in [0.2, 0.25) is 0 Å². The van der Waals surface area contributed by atoms with Gasteiger partial charge in [0.15, 0.2) is 0 Å². The van der Waals surface area contributed by atoms with Gasteiger partial charge in [0.25, 0.3) is 0 Å². The van der Waals surface area contributed by atoms with E-state index in [4.69, 9.17) is 15.3 Å². The van der Waals surface area contributed by atoms with Crippen molar-refractivity contribution in [3.63, 3.8) is 0 Å². The Hall–Kier alpha value is -0.280. The molecule has 0 aliphatic heterocycles. The molecule has 0 aromatic rings. The zero-order valence-corrected chi connectivity index (χ0v) is 6.20. The summed E-state index contributed by atoms with van der Waals surface area (Å²) in [5.74, 6) is -1.25. The average Bonchev–Trinajstić information content (AvgIpc) is 1.99. The van der Waals surface area contributed by atoms with Gasteiger partial charge < -0.3 is 10.5 Å². The molecule has 10 heavy (non-hydrogen) atoms.